The molecular formula is C27H41FN2O. The summed E-state index contributed by atoms with van der Waals surface area (Å²) in [6, 6.07) is 8.14. The Morgan fingerprint density at radius 2 is 1.55 bits per heavy atom. The number of benzene rings is 1. The van der Waals surface area contributed by atoms with Gasteiger partial charge >= 0.3 is 0 Å². The molecule has 1 heterocycles. The molecule has 0 saturated carbocycles. The molecule has 0 radical (unpaired) electrons. The summed E-state index contributed by atoms with van der Waals surface area (Å²) >= 11 is 0. The summed E-state index contributed by atoms with van der Waals surface area (Å²) < 4.78 is 19.2. The van der Waals surface area contributed by atoms with Crippen LogP contribution >= 0.6 is 0 Å². The Morgan fingerprint density at radius 1 is 0.871 bits per heavy atom. The van der Waals surface area contributed by atoms with Crippen molar-refractivity contribution in [1.82, 2.24) is 9.97 Å². The Bertz CT molecular complexity index is 706. The minimum atomic E-state index is -0.698. The van der Waals surface area contributed by atoms with Gasteiger partial charge in [-0.25, -0.2) is 14.4 Å². The van der Waals surface area contributed by atoms with Crippen LogP contribution in [-0.4, -0.2) is 22.7 Å². The summed E-state index contributed by atoms with van der Waals surface area (Å²) in [5, 5.41) is 0. The molecule has 4 heteroatoms. The zero-order valence-electron chi connectivity index (χ0n) is 19.6. The van der Waals surface area contributed by atoms with Crippen molar-refractivity contribution in [3.8, 4) is 17.1 Å². The number of aryl methyl sites for hydroxylation is 1. The molecule has 0 N–H and O–H groups in total. The van der Waals surface area contributed by atoms with Gasteiger partial charge in [-0.1, -0.05) is 76.8 Å². The molecule has 0 bridgehead atoms. The van der Waals surface area contributed by atoms with Gasteiger partial charge in [0.15, 0.2) is 5.82 Å². The van der Waals surface area contributed by atoms with Crippen LogP contribution in [0.15, 0.2) is 36.7 Å². The first-order valence-corrected chi connectivity index (χ1v) is 12.4. The van der Waals surface area contributed by atoms with Crippen LogP contribution in [0.2, 0.25) is 0 Å². The second kappa shape index (κ2) is 15.8. The van der Waals surface area contributed by atoms with E-state index >= 15 is 0 Å². The summed E-state index contributed by atoms with van der Waals surface area (Å²) in [6.45, 7) is 4.65. The lowest BCUT2D eigenvalue weighted by molar-refractivity contribution is 0.301. The van der Waals surface area contributed by atoms with Gasteiger partial charge in [-0.3, -0.25) is 0 Å². The van der Waals surface area contributed by atoms with Crippen molar-refractivity contribution in [3.05, 3.63) is 42.2 Å². The number of halogens is 1. The number of aromatic nitrogens is 2. The molecule has 0 aliphatic heterocycles. The molecule has 3 nitrogen and oxygen atoms in total. The molecule has 0 aliphatic carbocycles. The molecule has 1 unspecified atom stereocenters. The Balaban J connectivity index is 1.85. The predicted octanol–water partition coefficient (Wildman–Crippen LogP) is 8.12. The van der Waals surface area contributed by atoms with E-state index in [2.05, 4.69) is 35.1 Å². The molecule has 1 aromatic heterocycles. The van der Waals surface area contributed by atoms with E-state index < -0.39 is 6.17 Å². The van der Waals surface area contributed by atoms with E-state index in [1.165, 1.54) is 50.5 Å². The molecule has 0 amide bonds. The van der Waals surface area contributed by atoms with Gasteiger partial charge < -0.3 is 4.74 Å². The summed E-state index contributed by atoms with van der Waals surface area (Å²) in [6.07, 6.45) is 17.9. The molecule has 0 aliphatic rings. The molecule has 0 fully saturated rings. The van der Waals surface area contributed by atoms with Crippen LogP contribution in [0.4, 0.5) is 4.39 Å². The number of hydrogen-bond donors (Lipinski definition) is 0. The molecule has 2 rings (SSSR count). The van der Waals surface area contributed by atoms with Crippen LogP contribution in [0.5, 0.6) is 5.75 Å². The van der Waals surface area contributed by atoms with Crippen molar-refractivity contribution in [2.24, 2.45) is 0 Å². The van der Waals surface area contributed by atoms with E-state index in [4.69, 9.17) is 4.74 Å². The Labute approximate surface area is 188 Å². The third-order valence-corrected chi connectivity index (χ3v) is 5.69. The van der Waals surface area contributed by atoms with E-state index in [1.807, 2.05) is 6.07 Å². The van der Waals surface area contributed by atoms with Gasteiger partial charge in [-0.05, 0) is 50.3 Å². The first-order valence-electron chi connectivity index (χ1n) is 12.4. The lowest BCUT2D eigenvalue weighted by Gasteiger charge is -2.13. The van der Waals surface area contributed by atoms with Gasteiger partial charge in [0, 0.05) is 18.0 Å². The zero-order chi connectivity index (χ0) is 22.2. The van der Waals surface area contributed by atoms with Crippen LogP contribution in [0.25, 0.3) is 11.4 Å². The van der Waals surface area contributed by atoms with E-state index in [0.717, 1.165) is 55.8 Å². The fraction of sp³-hybridized carbons (Fsp3) is 0.630. The largest absolute Gasteiger partial charge is 0.493 e. The van der Waals surface area contributed by atoms with Crippen LogP contribution in [0.3, 0.4) is 0 Å². The number of ether oxygens (including phenoxy) is 1. The highest BCUT2D eigenvalue weighted by molar-refractivity contribution is 5.59. The third-order valence-electron chi connectivity index (χ3n) is 5.69. The predicted molar refractivity (Wildman–Crippen MR) is 128 cm³/mol. The SMILES string of the molecule is CCCCCCCCCCOc1cc(-c2ncccn2)ccc1CCCCCC(C)F. The molecule has 2 aromatic rings. The maximum Gasteiger partial charge on any atom is 0.159 e. The van der Waals surface area contributed by atoms with E-state index in [-0.39, 0.29) is 0 Å². The van der Waals surface area contributed by atoms with Crippen molar-refractivity contribution >= 4 is 0 Å². The van der Waals surface area contributed by atoms with Crippen molar-refractivity contribution in [1.29, 1.82) is 0 Å². The number of unbranched alkanes of at least 4 members (excludes halogenated alkanes) is 9. The Hall–Kier alpha value is -1.97. The topological polar surface area (TPSA) is 35.0 Å². The van der Waals surface area contributed by atoms with Crippen LogP contribution in [0, 0.1) is 0 Å². The van der Waals surface area contributed by atoms with Crippen LogP contribution in [-0.2, 0) is 6.42 Å². The van der Waals surface area contributed by atoms with Crippen molar-refractivity contribution in [2.75, 3.05) is 6.61 Å². The lowest BCUT2D eigenvalue weighted by Crippen LogP contribution is -2.02. The maximum absolute atomic E-state index is 13.0. The van der Waals surface area contributed by atoms with Gasteiger partial charge in [0.25, 0.3) is 0 Å². The van der Waals surface area contributed by atoms with E-state index in [1.54, 1.807) is 19.3 Å². The summed E-state index contributed by atoms with van der Waals surface area (Å²) in [5.41, 5.74) is 2.22. The van der Waals surface area contributed by atoms with Crippen molar-refractivity contribution < 1.29 is 9.13 Å². The van der Waals surface area contributed by atoms with Gasteiger partial charge in [-0.2, -0.15) is 0 Å². The third kappa shape index (κ3) is 10.8. The highest BCUT2D eigenvalue weighted by atomic mass is 19.1. The lowest BCUT2D eigenvalue weighted by atomic mass is 10.0. The first-order chi connectivity index (χ1) is 15.2. The minimum Gasteiger partial charge on any atom is -0.493 e. The van der Waals surface area contributed by atoms with Crippen LogP contribution < -0.4 is 4.74 Å². The molecule has 31 heavy (non-hydrogen) atoms. The van der Waals surface area contributed by atoms with Crippen molar-refractivity contribution in [2.45, 2.75) is 103 Å². The van der Waals surface area contributed by atoms with Crippen molar-refractivity contribution in [3.63, 3.8) is 0 Å². The second-order valence-electron chi connectivity index (χ2n) is 8.60. The summed E-state index contributed by atoms with van der Waals surface area (Å²) in [4.78, 5) is 8.74. The summed E-state index contributed by atoms with van der Waals surface area (Å²) in [7, 11) is 0. The second-order valence-corrected chi connectivity index (χ2v) is 8.60. The average Bonchev–Trinajstić information content (AvgIpc) is 2.78. The smallest absolute Gasteiger partial charge is 0.159 e. The number of rotatable bonds is 17. The highest BCUT2D eigenvalue weighted by Crippen LogP contribution is 2.27. The van der Waals surface area contributed by atoms with Gasteiger partial charge in [0.2, 0.25) is 0 Å². The molecular weight excluding hydrogens is 387 g/mol. The fourth-order valence-corrected chi connectivity index (χ4v) is 3.82. The Morgan fingerprint density at radius 3 is 2.26 bits per heavy atom. The Kier molecular flexibility index (Phi) is 12.9. The zero-order valence-corrected chi connectivity index (χ0v) is 19.6. The summed E-state index contributed by atoms with van der Waals surface area (Å²) in [5.74, 6) is 1.68. The highest BCUT2D eigenvalue weighted by Gasteiger charge is 2.09. The number of alkyl halides is 1. The van der Waals surface area contributed by atoms with E-state index in [9.17, 15) is 4.39 Å². The molecule has 1 aromatic carbocycles. The normalized spacial score (nSPS) is 12.1. The monoisotopic (exact) mass is 428 g/mol. The first kappa shape index (κ1) is 25.3. The molecule has 172 valence electrons. The average molecular weight is 429 g/mol. The quantitative estimate of drug-likeness (QED) is 0.239. The standard InChI is InChI=1S/C27H41FN2O/c1-3-4-5-6-7-8-9-13-21-31-26-22-25(27-29-19-14-20-30-27)18-17-24(26)16-12-10-11-15-23(2)28/h14,17-20,22-23H,3-13,15-16,21H2,1-2H3. The molecule has 1 atom stereocenters. The number of hydrogen-bond acceptors (Lipinski definition) is 3. The maximum atomic E-state index is 13.0. The van der Waals surface area contributed by atoms with E-state index in [0.29, 0.717) is 6.42 Å². The molecule has 0 spiro atoms. The fourth-order valence-electron chi connectivity index (χ4n) is 3.82. The van der Waals surface area contributed by atoms with Crippen LogP contribution in [0.1, 0.15) is 96.5 Å². The van der Waals surface area contributed by atoms with Gasteiger partial charge in [0.1, 0.15) is 5.75 Å². The number of nitrogens with zero attached hydrogens (tertiary/aromatic N) is 2. The van der Waals surface area contributed by atoms with Gasteiger partial charge in [-0.15, -0.1) is 0 Å². The molecule has 0 saturated heterocycles. The van der Waals surface area contributed by atoms with Gasteiger partial charge in [0.05, 0.1) is 12.8 Å². The minimum absolute atomic E-state index is 0.659.